The molecule has 1 aromatic rings. The summed E-state index contributed by atoms with van der Waals surface area (Å²) in [6.45, 7) is 5.40. The number of halogens is 1. The molecule has 1 rings (SSSR count). The summed E-state index contributed by atoms with van der Waals surface area (Å²) in [6, 6.07) is 3.53. The van der Waals surface area contributed by atoms with E-state index < -0.39 is 6.10 Å². The van der Waals surface area contributed by atoms with Gasteiger partial charge >= 0.3 is 0 Å². The van der Waals surface area contributed by atoms with Crippen molar-refractivity contribution in [3.63, 3.8) is 0 Å². The lowest BCUT2D eigenvalue weighted by Crippen LogP contribution is -2.27. The van der Waals surface area contributed by atoms with Crippen molar-refractivity contribution in [2.24, 2.45) is 0 Å². The molecule has 21 heavy (non-hydrogen) atoms. The standard InChI is InChI=1S/C15H24ClNO4/c1-10(18)11(2)21-15-12(9-17-5-6-19-3)7-13(16)8-14(15)20-4/h7-8,10-11,17-18H,5-6,9H2,1-4H3. The molecule has 5 nitrogen and oxygen atoms in total. The van der Waals surface area contributed by atoms with Crippen LogP contribution >= 0.6 is 11.6 Å². The number of methoxy groups -OCH3 is 2. The monoisotopic (exact) mass is 317 g/mol. The summed E-state index contributed by atoms with van der Waals surface area (Å²) in [5.41, 5.74) is 0.878. The Bertz CT molecular complexity index is 440. The zero-order valence-corrected chi connectivity index (χ0v) is 13.7. The van der Waals surface area contributed by atoms with Crippen molar-refractivity contribution in [1.29, 1.82) is 0 Å². The second kappa shape index (κ2) is 9.10. The molecule has 2 N–H and O–H groups in total. The molecule has 0 saturated carbocycles. The van der Waals surface area contributed by atoms with Gasteiger partial charge in [-0.2, -0.15) is 0 Å². The van der Waals surface area contributed by atoms with Crippen LogP contribution < -0.4 is 14.8 Å². The molecule has 1 aromatic carbocycles. The third-order valence-corrected chi connectivity index (χ3v) is 3.32. The lowest BCUT2D eigenvalue weighted by molar-refractivity contribution is 0.0579. The maximum atomic E-state index is 9.61. The van der Waals surface area contributed by atoms with E-state index in [9.17, 15) is 5.11 Å². The van der Waals surface area contributed by atoms with Gasteiger partial charge in [0.2, 0.25) is 0 Å². The van der Waals surface area contributed by atoms with Crippen molar-refractivity contribution in [3.8, 4) is 11.5 Å². The van der Waals surface area contributed by atoms with E-state index in [4.69, 9.17) is 25.8 Å². The summed E-state index contributed by atoms with van der Waals surface area (Å²) in [5, 5.41) is 13.4. The van der Waals surface area contributed by atoms with Gasteiger partial charge in [0.25, 0.3) is 0 Å². The average Bonchev–Trinajstić information content (AvgIpc) is 2.45. The molecule has 0 bridgehead atoms. The number of nitrogens with one attached hydrogen (secondary N) is 1. The summed E-state index contributed by atoms with van der Waals surface area (Å²) < 4.78 is 16.2. The normalized spacial score (nSPS) is 13.8. The number of hydrogen-bond acceptors (Lipinski definition) is 5. The predicted molar refractivity (Wildman–Crippen MR) is 83.4 cm³/mol. The van der Waals surface area contributed by atoms with Crippen LogP contribution in [0, 0.1) is 0 Å². The van der Waals surface area contributed by atoms with Crippen molar-refractivity contribution in [1.82, 2.24) is 5.32 Å². The predicted octanol–water partition coefficient (Wildman–Crippen LogP) is 2.23. The van der Waals surface area contributed by atoms with Crippen LogP contribution in [-0.4, -0.2) is 44.7 Å². The molecule has 2 atom stereocenters. The first kappa shape index (κ1) is 18.0. The van der Waals surface area contributed by atoms with Crippen molar-refractivity contribution in [3.05, 3.63) is 22.7 Å². The van der Waals surface area contributed by atoms with E-state index in [1.54, 1.807) is 34.1 Å². The number of benzene rings is 1. The number of rotatable bonds is 9. The fraction of sp³-hybridized carbons (Fsp3) is 0.600. The molecule has 0 amide bonds. The van der Waals surface area contributed by atoms with E-state index in [0.717, 1.165) is 12.1 Å². The Morgan fingerprint density at radius 2 is 2.00 bits per heavy atom. The van der Waals surface area contributed by atoms with Crippen LogP contribution in [0.4, 0.5) is 0 Å². The Kier molecular flexibility index (Phi) is 7.82. The maximum Gasteiger partial charge on any atom is 0.166 e. The Morgan fingerprint density at radius 1 is 1.29 bits per heavy atom. The van der Waals surface area contributed by atoms with Crippen LogP contribution in [0.3, 0.4) is 0 Å². The van der Waals surface area contributed by atoms with Gasteiger partial charge in [0, 0.05) is 36.9 Å². The quantitative estimate of drug-likeness (QED) is 0.684. The minimum absolute atomic E-state index is 0.349. The van der Waals surface area contributed by atoms with Crippen molar-refractivity contribution in [2.75, 3.05) is 27.4 Å². The van der Waals surface area contributed by atoms with Gasteiger partial charge in [-0.15, -0.1) is 0 Å². The van der Waals surface area contributed by atoms with Gasteiger partial charge in [0.05, 0.1) is 19.8 Å². The molecule has 0 spiro atoms. The Labute approximate surface area is 131 Å². The van der Waals surface area contributed by atoms with Gasteiger partial charge in [-0.05, 0) is 19.9 Å². The van der Waals surface area contributed by atoms with Crippen LogP contribution in [0.1, 0.15) is 19.4 Å². The molecule has 0 aromatic heterocycles. The highest BCUT2D eigenvalue weighted by Gasteiger charge is 2.18. The third-order valence-electron chi connectivity index (χ3n) is 3.10. The van der Waals surface area contributed by atoms with Gasteiger partial charge in [-0.1, -0.05) is 11.6 Å². The lowest BCUT2D eigenvalue weighted by Gasteiger charge is -2.22. The van der Waals surface area contributed by atoms with Crippen LogP contribution in [0.2, 0.25) is 5.02 Å². The molecule has 0 heterocycles. The Hall–Kier alpha value is -1.01. The SMILES string of the molecule is COCCNCc1cc(Cl)cc(OC)c1OC(C)C(C)O. The zero-order chi connectivity index (χ0) is 15.8. The Balaban J connectivity index is 2.94. The molecule has 0 fully saturated rings. The van der Waals surface area contributed by atoms with E-state index in [1.807, 2.05) is 6.07 Å². The molecule has 0 radical (unpaired) electrons. The smallest absolute Gasteiger partial charge is 0.166 e. The van der Waals surface area contributed by atoms with E-state index in [0.29, 0.717) is 29.7 Å². The fourth-order valence-electron chi connectivity index (χ4n) is 1.72. The molecular formula is C15H24ClNO4. The molecular weight excluding hydrogens is 294 g/mol. The molecule has 0 aliphatic heterocycles. The molecule has 2 unspecified atom stereocenters. The first-order chi connectivity index (χ1) is 9.99. The summed E-state index contributed by atoms with van der Waals surface area (Å²) >= 11 is 6.10. The summed E-state index contributed by atoms with van der Waals surface area (Å²) in [5.74, 6) is 1.15. The lowest BCUT2D eigenvalue weighted by atomic mass is 10.1. The van der Waals surface area contributed by atoms with Gasteiger partial charge in [0.15, 0.2) is 11.5 Å². The topological polar surface area (TPSA) is 60.0 Å². The minimum atomic E-state index is -0.584. The number of ether oxygens (including phenoxy) is 3. The van der Waals surface area contributed by atoms with Gasteiger partial charge in [-0.25, -0.2) is 0 Å². The number of aliphatic hydroxyl groups excluding tert-OH is 1. The van der Waals surface area contributed by atoms with Crippen LogP contribution in [0.5, 0.6) is 11.5 Å². The number of aliphatic hydroxyl groups is 1. The molecule has 0 aliphatic rings. The fourth-order valence-corrected chi connectivity index (χ4v) is 1.95. The van der Waals surface area contributed by atoms with Crippen molar-refractivity contribution < 1.29 is 19.3 Å². The molecule has 0 saturated heterocycles. The maximum absolute atomic E-state index is 9.61. The third kappa shape index (κ3) is 5.71. The summed E-state index contributed by atoms with van der Waals surface area (Å²) in [6.07, 6.45) is -0.933. The van der Waals surface area contributed by atoms with Crippen LogP contribution in [-0.2, 0) is 11.3 Å². The van der Waals surface area contributed by atoms with E-state index in [1.165, 1.54) is 0 Å². The van der Waals surface area contributed by atoms with Crippen molar-refractivity contribution >= 4 is 11.6 Å². The molecule has 6 heteroatoms. The Morgan fingerprint density at radius 3 is 2.57 bits per heavy atom. The molecule has 0 aliphatic carbocycles. The van der Waals surface area contributed by atoms with Crippen LogP contribution in [0.25, 0.3) is 0 Å². The minimum Gasteiger partial charge on any atom is -0.493 e. The number of hydrogen-bond donors (Lipinski definition) is 2. The second-order valence-electron chi connectivity index (χ2n) is 4.83. The van der Waals surface area contributed by atoms with Gasteiger partial charge < -0.3 is 24.6 Å². The second-order valence-corrected chi connectivity index (χ2v) is 5.27. The highest BCUT2D eigenvalue weighted by Crippen LogP contribution is 2.35. The van der Waals surface area contributed by atoms with E-state index in [2.05, 4.69) is 5.32 Å². The summed E-state index contributed by atoms with van der Waals surface area (Å²) in [7, 11) is 3.22. The zero-order valence-electron chi connectivity index (χ0n) is 13.0. The molecule has 120 valence electrons. The summed E-state index contributed by atoms with van der Waals surface area (Å²) in [4.78, 5) is 0. The van der Waals surface area contributed by atoms with Crippen LogP contribution in [0.15, 0.2) is 12.1 Å². The first-order valence-electron chi connectivity index (χ1n) is 6.90. The average molecular weight is 318 g/mol. The van der Waals surface area contributed by atoms with Crippen molar-refractivity contribution in [2.45, 2.75) is 32.6 Å². The van der Waals surface area contributed by atoms with E-state index >= 15 is 0 Å². The van der Waals surface area contributed by atoms with Gasteiger partial charge in [-0.3, -0.25) is 0 Å². The van der Waals surface area contributed by atoms with Gasteiger partial charge in [0.1, 0.15) is 6.10 Å². The highest BCUT2D eigenvalue weighted by molar-refractivity contribution is 6.30. The van der Waals surface area contributed by atoms with E-state index in [-0.39, 0.29) is 6.10 Å². The first-order valence-corrected chi connectivity index (χ1v) is 7.28. The highest BCUT2D eigenvalue weighted by atomic mass is 35.5. The largest absolute Gasteiger partial charge is 0.493 e.